The first kappa shape index (κ1) is 44.3. The highest BCUT2D eigenvalue weighted by atomic mass is 16.6. The molecular weight excluding hydrogens is 801 g/mol. The van der Waals surface area contributed by atoms with Crippen molar-refractivity contribution in [2.45, 2.75) is 95.7 Å². The smallest absolute Gasteiger partial charge is 0.350 e. The molecule has 3 aliphatic carbocycles. The van der Waals surface area contributed by atoms with Crippen LogP contribution in [0.3, 0.4) is 0 Å². The lowest BCUT2D eigenvalue weighted by Crippen LogP contribution is -2.75. The van der Waals surface area contributed by atoms with Crippen molar-refractivity contribution < 1.29 is 62.7 Å². The predicted octanol–water partition coefficient (Wildman–Crippen LogP) is 3.56. The molecule has 328 valence electrons. The number of ketones is 1. The highest BCUT2D eigenvalue weighted by molar-refractivity contribution is 5.96. The molecule has 3 fully saturated rings. The maximum absolute atomic E-state index is 15.3. The maximum atomic E-state index is 15.3. The third kappa shape index (κ3) is 7.71. The lowest BCUT2D eigenvalue weighted by molar-refractivity contribution is -0.277. The number of hydrogen-bond donors (Lipinski definition) is 4. The summed E-state index contributed by atoms with van der Waals surface area (Å²) in [7, 11) is 0. The van der Waals surface area contributed by atoms with Crippen molar-refractivity contribution in [2.24, 2.45) is 28.4 Å². The van der Waals surface area contributed by atoms with Crippen LogP contribution in [-0.4, -0.2) is 101 Å². The average molecular weight is 853 g/mol. The van der Waals surface area contributed by atoms with Gasteiger partial charge in [-0.25, -0.2) is 9.59 Å². The van der Waals surface area contributed by atoms with Gasteiger partial charge in [0, 0.05) is 42.6 Å². The molecule has 2 bridgehead atoms. The molecule has 0 aromatic heterocycles. The Bertz CT molecular complexity index is 2250. The quantitative estimate of drug-likeness (QED) is 0.123. The molecule has 1 unspecified atom stereocenters. The number of benzene rings is 3. The molecule has 1 saturated heterocycles. The van der Waals surface area contributed by atoms with Crippen LogP contribution in [0.5, 0.6) is 0 Å². The van der Waals surface area contributed by atoms with Crippen molar-refractivity contribution >= 4 is 35.6 Å². The zero-order valence-corrected chi connectivity index (χ0v) is 35.1. The van der Waals surface area contributed by atoms with E-state index in [9.17, 15) is 34.2 Å². The van der Waals surface area contributed by atoms with Crippen LogP contribution >= 0.6 is 0 Å². The second kappa shape index (κ2) is 17.2. The van der Waals surface area contributed by atoms with Gasteiger partial charge in [0.05, 0.1) is 36.3 Å². The molecule has 11 atom stereocenters. The lowest BCUT2D eigenvalue weighted by atomic mass is 9.46. The first-order chi connectivity index (χ1) is 29.4. The Hall–Kier alpha value is -5.74. The zero-order chi connectivity index (χ0) is 44.7. The molecule has 0 spiro atoms. The summed E-state index contributed by atoms with van der Waals surface area (Å²) in [4.78, 5) is 83.8. The van der Waals surface area contributed by atoms with Crippen LogP contribution in [0.4, 0.5) is 0 Å². The first-order valence-corrected chi connectivity index (χ1v) is 20.7. The molecule has 5 N–H and O–H groups in total. The van der Waals surface area contributed by atoms with Crippen molar-refractivity contribution in [1.29, 1.82) is 0 Å². The number of ether oxygens (including phenoxy) is 5. The molecule has 62 heavy (non-hydrogen) atoms. The number of esters is 4. The van der Waals surface area contributed by atoms with Gasteiger partial charge in [-0.15, -0.1) is 0 Å². The highest BCUT2D eigenvalue weighted by Gasteiger charge is 2.72. The standard InChI is InChI=1S/C47H52N2O13/c1-25-32(60-44(56)39(61-34(52)23-48)37(27-15-9-6-10-16-27)49-42(54)28-17-11-7-12-18-28)22-47(57)41(62-43(55)29-19-13-8-14-20-29)36-30-24-58-31(30)21-33(51)46(36,5)40(53)38(59-26(2)50)35(25)45(47,3)4/h6-20,30-33,36-39,41,51,57H,21-24,48H2,1-5H3,(H,49,54)/t30-,31-,32+,33+,36?,37+,38-,39-,41+,46-,47-/m1/s1. The SMILES string of the molecule is CC(=O)O[C@H]1C(=O)[C@@]2(C)C([C@@H]3CO[C@@H]3C[C@@H]2O)[C@H](OC(=O)c2ccccc2)[C@]2(O)C[C@H](OC(=O)[C@H](OC(=O)CN)[C@@H](NC(=O)c3ccccc3)c3ccccc3)C(C)=C1C2(C)C. The third-order valence-corrected chi connectivity index (χ3v) is 13.5. The Morgan fingerprint density at radius 3 is 2.05 bits per heavy atom. The van der Waals surface area contributed by atoms with Crippen LogP contribution in [0.25, 0.3) is 0 Å². The minimum atomic E-state index is -2.22. The van der Waals surface area contributed by atoms with Crippen LogP contribution in [0.1, 0.15) is 79.8 Å². The van der Waals surface area contributed by atoms with Gasteiger partial charge in [-0.3, -0.25) is 19.2 Å². The van der Waals surface area contributed by atoms with Gasteiger partial charge in [-0.2, -0.15) is 0 Å². The van der Waals surface area contributed by atoms with E-state index in [0.717, 1.165) is 6.92 Å². The van der Waals surface area contributed by atoms with Crippen molar-refractivity contribution in [3.8, 4) is 0 Å². The van der Waals surface area contributed by atoms with Crippen molar-refractivity contribution in [2.75, 3.05) is 13.2 Å². The van der Waals surface area contributed by atoms with Crippen LogP contribution in [0.2, 0.25) is 0 Å². The number of amides is 1. The minimum absolute atomic E-state index is 0.0575. The first-order valence-electron chi connectivity index (χ1n) is 20.7. The highest BCUT2D eigenvalue weighted by Crippen LogP contribution is 2.62. The number of aliphatic hydroxyl groups excluding tert-OH is 1. The maximum Gasteiger partial charge on any atom is 0.350 e. The van der Waals surface area contributed by atoms with Crippen molar-refractivity contribution in [1.82, 2.24) is 5.32 Å². The van der Waals surface area contributed by atoms with Gasteiger partial charge in [-0.05, 0) is 54.8 Å². The number of Topliss-reactive ketones (excluding diaryl/α,β-unsaturated/α-hetero) is 1. The molecule has 15 nitrogen and oxygen atoms in total. The van der Waals surface area contributed by atoms with E-state index in [1.807, 2.05) is 0 Å². The van der Waals surface area contributed by atoms with Gasteiger partial charge < -0.3 is 44.9 Å². The number of nitrogens with one attached hydrogen (secondary N) is 1. The summed E-state index contributed by atoms with van der Waals surface area (Å²) in [6.45, 7) is 6.97. The summed E-state index contributed by atoms with van der Waals surface area (Å²) in [6, 6.07) is 23.2. The summed E-state index contributed by atoms with van der Waals surface area (Å²) in [5.41, 5.74) is 1.19. The third-order valence-electron chi connectivity index (χ3n) is 13.5. The van der Waals surface area contributed by atoms with Gasteiger partial charge in [0.25, 0.3) is 5.91 Å². The van der Waals surface area contributed by atoms with E-state index >= 15 is 4.79 Å². The summed E-state index contributed by atoms with van der Waals surface area (Å²) >= 11 is 0. The van der Waals surface area contributed by atoms with Crippen LogP contribution in [-0.2, 0) is 42.9 Å². The number of aliphatic hydroxyl groups is 2. The van der Waals surface area contributed by atoms with Crippen molar-refractivity contribution in [3.63, 3.8) is 0 Å². The molecule has 1 amide bonds. The van der Waals surface area contributed by atoms with E-state index in [0.29, 0.717) is 5.56 Å². The number of carbonyl (C=O) groups excluding carboxylic acids is 6. The van der Waals surface area contributed by atoms with Gasteiger partial charge in [0.2, 0.25) is 6.10 Å². The number of hydrogen-bond acceptors (Lipinski definition) is 14. The Balaban J connectivity index is 1.38. The number of fused-ring (bicyclic) bond motifs is 5. The number of nitrogens with two attached hydrogens (primary N) is 1. The Morgan fingerprint density at radius 1 is 0.887 bits per heavy atom. The molecule has 15 heteroatoms. The summed E-state index contributed by atoms with van der Waals surface area (Å²) in [5, 5.41) is 28.3. The van der Waals surface area contributed by atoms with Crippen LogP contribution in [0, 0.1) is 22.7 Å². The molecule has 7 rings (SSSR count). The predicted molar refractivity (Wildman–Crippen MR) is 220 cm³/mol. The fraction of sp³-hybridized carbons (Fsp3) is 0.447. The molecule has 3 aromatic carbocycles. The molecule has 1 aliphatic heterocycles. The van der Waals surface area contributed by atoms with Gasteiger partial charge in [0.1, 0.15) is 23.9 Å². The Morgan fingerprint density at radius 2 is 1.48 bits per heavy atom. The molecular formula is C47H52N2O13. The second-order valence-electron chi connectivity index (χ2n) is 17.3. The van der Waals surface area contributed by atoms with E-state index in [2.05, 4.69) is 5.32 Å². The summed E-state index contributed by atoms with van der Waals surface area (Å²) in [6.07, 6.45) is -8.87. The normalized spacial score (nSPS) is 30.6. The second-order valence-corrected chi connectivity index (χ2v) is 17.3. The van der Waals surface area contributed by atoms with Crippen LogP contribution < -0.4 is 11.1 Å². The van der Waals surface area contributed by atoms with E-state index < -0.39 is 119 Å². The van der Waals surface area contributed by atoms with Gasteiger partial charge in [0.15, 0.2) is 11.9 Å². The van der Waals surface area contributed by atoms with E-state index in [-0.39, 0.29) is 35.3 Å². The van der Waals surface area contributed by atoms with E-state index in [1.165, 1.54) is 19.1 Å². The minimum Gasteiger partial charge on any atom is -0.455 e. The van der Waals surface area contributed by atoms with E-state index in [4.69, 9.17) is 29.4 Å². The summed E-state index contributed by atoms with van der Waals surface area (Å²) < 4.78 is 30.1. The van der Waals surface area contributed by atoms with Gasteiger partial charge in [-0.1, -0.05) is 80.6 Å². The van der Waals surface area contributed by atoms with Gasteiger partial charge >= 0.3 is 23.9 Å². The largest absolute Gasteiger partial charge is 0.455 e. The molecule has 1 heterocycles. The van der Waals surface area contributed by atoms with Crippen molar-refractivity contribution in [3.05, 3.63) is 119 Å². The van der Waals surface area contributed by atoms with Crippen LogP contribution in [0.15, 0.2) is 102 Å². The van der Waals surface area contributed by atoms with E-state index in [1.54, 1.807) is 99.6 Å². The zero-order valence-electron chi connectivity index (χ0n) is 35.1. The molecule has 0 radical (unpaired) electrons. The fourth-order valence-corrected chi connectivity index (χ4v) is 10.0. The number of rotatable bonds is 11. The topological polar surface area (TPSA) is 227 Å². The molecule has 4 aliphatic rings. The Labute approximate surface area is 358 Å². The summed E-state index contributed by atoms with van der Waals surface area (Å²) in [5.74, 6) is -6.71. The fourth-order valence-electron chi connectivity index (χ4n) is 10.0. The Kier molecular flexibility index (Phi) is 12.3. The number of carbonyl (C=O) groups is 6. The lowest BCUT2D eigenvalue weighted by Gasteiger charge is -2.64. The monoisotopic (exact) mass is 852 g/mol. The molecule has 3 aromatic rings. The molecule has 2 saturated carbocycles. The average Bonchev–Trinajstić information content (AvgIpc) is 3.25.